The van der Waals surface area contributed by atoms with Crippen molar-refractivity contribution in [2.24, 2.45) is 0 Å². The van der Waals surface area contributed by atoms with E-state index in [1.807, 2.05) is 0 Å². The summed E-state index contributed by atoms with van der Waals surface area (Å²) in [7, 11) is 0. The lowest BCUT2D eigenvalue weighted by atomic mass is 10.3. The van der Waals surface area contributed by atoms with Gasteiger partial charge in [-0.3, -0.25) is 9.59 Å². The zero-order valence-corrected chi connectivity index (χ0v) is 9.83. The molecule has 6 heteroatoms. The van der Waals surface area contributed by atoms with Gasteiger partial charge in [-0.05, 0) is 25.0 Å². The summed E-state index contributed by atoms with van der Waals surface area (Å²) in [5.41, 5.74) is 0.205. The Labute approximate surface area is 104 Å². The average molecular weight is 254 g/mol. The van der Waals surface area contributed by atoms with Crippen LogP contribution in [0.2, 0.25) is 5.15 Å². The fraction of sp³-hybridized carbons (Fsp3) is 0.364. The van der Waals surface area contributed by atoms with Crippen LogP contribution >= 0.6 is 11.6 Å². The molecule has 0 unspecified atom stereocenters. The molecule has 0 aliphatic heterocycles. The first kappa shape index (κ1) is 11.9. The maximum absolute atomic E-state index is 11.6. The highest BCUT2D eigenvalue weighted by molar-refractivity contribution is 6.29. The molecular weight excluding hydrogens is 242 g/mol. The van der Waals surface area contributed by atoms with Crippen molar-refractivity contribution in [1.82, 2.24) is 15.6 Å². The van der Waals surface area contributed by atoms with Gasteiger partial charge in [0.15, 0.2) is 0 Å². The molecule has 2 amide bonds. The molecular formula is C11H12ClN3O2. The number of halogens is 1. The Morgan fingerprint density at radius 1 is 1.41 bits per heavy atom. The van der Waals surface area contributed by atoms with Crippen LogP contribution in [0.1, 0.15) is 23.3 Å². The lowest BCUT2D eigenvalue weighted by Gasteiger charge is -2.05. The summed E-state index contributed by atoms with van der Waals surface area (Å²) < 4.78 is 0. The fourth-order valence-electron chi connectivity index (χ4n) is 1.29. The molecule has 0 spiro atoms. The molecule has 2 rings (SSSR count). The van der Waals surface area contributed by atoms with Crippen LogP contribution in [0.15, 0.2) is 18.2 Å². The summed E-state index contributed by atoms with van der Waals surface area (Å²) in [6, 6.07) is 5.05. The minimum atomic E-state index is -0.404. The Balaban J connectivity index is 1.82. The highest BCUT2D eigenvalue weighted by Gasteiger charge is 2.23. The van der Waals surface area contributed by atoms with Crippen LogP contribution < -0.4 is 10.6 Å². The van der Waals surface area contributed by atoms with Crippen LogP contribution in [-0.4, -0.2) is 29.4 Å². The first-order chi connectivity index (χ1) is 8.15. The molecule has 0 atom stereocenters. The second-order valence-electron chi connectivity index (χ2n) is 3.87. The van der Waals surface area contributed by atoms with Crippen molar-refractivity contribution in [2.75, 3.05) is 6.54 Å². The van der Waals surface area contributed by atoms with Gasteiger partial charge in [0.2, 0.25) is 5.91 Å². The molecule has 1 heterocycles. The molecule has 1 aromatic rings. The number of aromatic nitrogens is 1. The maximum atomic E-state index is 11.6. The van der Waals surface area contributed by atoms with Gasteiger partial charge in [-0.1, -0.05) is 17.7 Å². The Bertz CT molecular complexity index is 446. The third-order valence-corrected chi connectivity index (χ3v) is 2.51. The molecule has 17 heavy (non-hydrogen) atoms. The number of amides is 2. The number of nitrogens with one attached hydrogen (secondary N) is 2. The lowest BCUT2D eigenvalue weighted by molar-refractivity contribution is -0.120. The predicted molar refractivity (Wildman–Crippen MR) is 62.7 cm³/mol. The van der Waals surface area contributed by atoms with E-state index in [9.17, 15) is 9.59 Å². The molecule has 1 aliphatic carbocycles. The van der Waals surface area contributed by atoms with Crippen LogP contribution in [0.5, 0.6) is 0 Å². The second kappa shape index (κ2) is 5.14. The Morgan fingerprint density at radius 3 is 2.82 bits per heavy atom. The zero-order chi connectivity index (χ0) is 12.3. The highest BCUT2D eigenvalue weighted by atomic mass is 35.5. The van der Waals surface area contributed by atoms with Crippen LogP contribution in [0, 0.1) is 0 Å². The number of carbonyl (C=O) groups excluding carboxylic acids is 2. The molecule has 0 radical (unpaired) electrons. The fourth-order valence-corrected chi connectivity index (χ4v) is 1.46. The second-order valence-corrected chi connectivity index (χ2v) is 4.26. The van der Waals surface area contributed by atoms with E-state index in [-0.39, 0.29) is 23.3 Å². The molecule has 0 aromatic carbocycles. The van der Waals surface area contributed by atoms with Gasteiger partial charge in [0.1, 0.15) is 10.8 Å². The van der Waals surface area contributed by atoms with Gasteiger partial charge >= 0.3 is 0 Å². The maximum Gasteiger partial charge on any atom is 0.270 e. The number of rotatable bonds is 4. The van der Waals surface area contributed by atoms with E-state index in [4.69, 9.17) is 11.6 Å². The minimum absolute atomic E-state index is 0.0382. The third kappa shape index (κ3) is 3.71. The van der Waals surface area contributed by atoms with Gasteiger partial charge in [0.05, 0.1) is 6.54 Å². The van der Waals surface area contributed by atoms with Crippen LogP contribution in [0.4, 0.5) is 0 Å². The number of carbonyl (C=O) groups is 2. The summed E-state index contributed by atoms with van der Waals surface area (Å²) in [6.45, 7) is -0.0382. The van der Waals surface area contributed by atoms with E-state index in [1.54, 1.807) is 18.2 Å². The van der Waals surface area contributed by atoms with Gasteiger partial charge in [-0.15, -0.1) is 0 Å². The topological polar surface area (TPSA) is 71.1 Å². The minimum Gasteiger partial charge on any atom is -0.352 e. The molecule has 1 aromatic heterocycles. The Kier molecular flexibility index (Phi) is 3.58. The van der Waals surface area contributed by atoms with Gasteiger partial charge in [0, 0.05) is 6.04 Å². The molecule has 1 saturated carbocycles. The van der Waals surface area contributed by atoms with Gasteiger partial charge in [-0.2, -0.15) is 0 Å². The van der Waals surface area contributed by atoms with E-state index in [0.717, 1.165) is 12.8 Å². The van der Waals surface area contributed by atoms with Crippen molar-refractivity contribution >= 4 is 23.4 Å². The first-order valence-corrected chi connectivity index (χ1v) is 5.73. The molecule has 0 bridgehead atoms. The number of hydrogen-bond acceptors (Lipinski definition) is 3. The third-order valence-electron chi connectivity index (χ3n) is 2.30. The van der Waals surface area contributed by atoms with Crippen LogP contribution in [-0.2, 0) is 4.79 Å². The van der Waals surface area contributed by atoms with Gasteiger partial charge in [0.25, 0.3) is 5.91 Å². The molecule has 5 nitrogen and oxygen atoms in total. The van der Waals surface area contributed by atoms with E-state index >= 15 is 0 Å². The molecule has 0 saturated heterocycles. The summed E-state index contributed by atoms with van der Waals surface area (Å²) in [5, 5.41) is 5.51. The Morgan fingerprint density at radius 2 is 2.18 bits per heavy atom. The predicted octanol–water partition coefficient (Wildman–Crippen LogP) is 0.743. The van der Waals surface area contributed by atoms with Crippen molar-refractivity contribution in [3.05, 3.63) is 29.0 Å². The first-order valence-electron chi connectivity index (χ1n) is 5.35. The summed E-state index contributed by atoms with van der Waals surface area (Å²) in [4.78, 5) is 26.8. The number of hydrogen-bond donors (Lipinski definition) is 2. The standard InChI is InChI=1S/C11H12ClN3O2/c12-9-3-1-2-8(15-9)11(17)13-6-10(16)14-7-4-5-7/h1-3,7H,4-6H2,(H,13,17)(H,14,16). The lowest BCUT2D eigenvalue weighted by Crippen LogP contribution is -2.38. The van der Waals surface area contributed by atoms with E-state index in [0.29, 0.717) is 6.04 Å². The van der Waals surface area contributed by atoms with Gasteiger partial charge in [-0.25, -0.2) is 4.98 Å². The van der Waals surface area contributed by atoms with Gasteiger partial charge < -0.3 is 10.6 Å². The zero-order valence-electron chi connectivity index (χ0n) is 9.07. The van der Waals surface area contributed by atoms with E-state index < -0.39 is 5.91 Å². The van der Waals surface area contributed by atoms with Crippen molar-refractivity contribution in [2.45, 2.75) is 18.9 Å². The molecule has 1 fully saturated rings. The molecule has 90 valence electrons. The van der Waals surface area contributed by atoms with Crippen molar-refractivity contribution in [3.8, 4) is 0 Å². The van der Waals surface area contributed by atoms with E-state index in [1.165, 1.54) is 0 Å². The summed E-state index contributed by atoms with van der Waals surface area (Å²) in [6.07, 6.45) is 2.05. The molecule has 2 N–H and O–H groups in total. The SMILES string of the molecule is O=C(CNC(=O)c1cccc(Cl)n1)NC1CC1. The average Bonchev–Trinajstić information content (AvgIpc) is 3.10. The normalized spacial score (nSPS) is 14.2. The summed E-state index contributed by atoms with van der Waals surface area (Å²) >= 11 is 5.66. The van der Waals surface area contributed by atoms with Crippen molar-refractivity contribution in [1.29, 1.82) is 0 Å². The number of pyridine rings is 1. The smallest absolute Gasteiger partial charge is 0.270 e. The van der Waals surface area contributed by atoms with Crippen molar-refractivity contribution in [3.63, 3.8) is 0 Å². The quantitative estimate of drug-likeness (QED) is 0.778. The van der Waals surface area contributed by atoms with Crippen molar-refractivity contribution < 1.29 is 9.59 Å². The monoisotopic (exact) mass is 253 g/mol. The largest absolute Gasteiger partial charge is 0.352 e. The Hall–Kier alpha value is -1.62. The summed E-state index contributed by atoms with van der Waals surface area (Å²) in [5.74, 6) is -0.582. The van der Waals surface area contributed by atoms with E-state index in [2.05, 4.69) is 15.6 Å². The number of nitrogens with zero attached hydrogens (tertiary/aromatic N) is 1. The highest BCUT2D eigenvalue weighted by Crippen LogP contribution is 2.18. The molecule has 1 aliphatic rings. The van der Waals surface area contributed by atoms with Crippen LogP contribution in [0.3, 0.4) is 0 Å². The van der Waals surface area contributed by atoms with Crippen LogP contribution in [0.25, 0.3) is 0 Å².